The number of ether oxygens (including phenoxy) is 1. The Morgan fingerprint density at radius 1 is 1.18 bits per heavy atom. The van der Waals surface area contributed by atoms with Crippen molar-refractivity contribution in [2.45, 2.75) is 43.8 Å². The number of thioether (sulfide) groups is 1. The van der Waals surface area contributed by atoms with E-state index in [1.165, 1.54) is 11.8 Å². The van der Waals surface area contributed by atoms with E-state index < -0.39 is 0 Å². The minimum absolute atomic E-state index is 0.101. The number of aromatic nitrogens is 5. The van der Waals surface area contributed by atoms with Crippen LogP contribution in [0, 0.1) is 0 Å². The van der Waals surface area contributed by atoms with Gasteiger partial charge in [-0.1, -0.05) is 36.0 Å². The molecular formula is C24H26N6O3S. The van der Waals surface area contributed by atoms with Gasteiger partial charge in [0, 0.05) is 6.54 Å². The highest BCUT2D eigenvalue weighted by molar-refractivity contribution is 7.98. The summed E-state index contributed by atoms with van der Waals surface area (Å²) >= 11 is 1.44. The predicted octanol–water partition coefficient (Wildman–Crippen LogP) is 3.26. The molecule has 2 heterocycles. The first-order valence-corrected chi connectivity index (χ1v) is 11.9. The third-order valence-corrected chi connectivity index (χ3v) is 6.33. The van der Waals surface area contributed by atoms with E-state index in [0.717, 1.165) is 11.3 Å². The van der Waals surface area contributed by atoms with Crippen molar-refractivity contribution in [2.24, 2.45) is 0 Å². The van der Waals surface area contributed by atoms with E-state index in [4.69, 9.17) is 4.74 Å². The van der Waals surface area contributed by atoms with Crippen LogP contribution in [0.2, 0.25) is 0 Å². The van der Waals surface area contributed by atoms with Gasteiger partial charge in [0.25, 0.3) is 5.56 Å². The summed E-state index contributed by atoms with van der Waals surface area (Å²) in [4.78, 5) is 32.2. The molecule has 4 aromatic rings. The molecule has 2 N–H and O–H groups in total. The lowest BCUT2D eigenvalue weighted by molar-refractivity contribution is -0.121. The molecule has 0 aliphatic heterocycles. The van der Waals surface area contributed by atoms with Crippen LogP contribution >= 0.6 is 11.8 Å². The van der Waals surface area contributed by atoms with Crippen molar-refractivity contribution in [2.75, 3.05) is 7.11 Å². The fourth-order valence-electron chi connectivity index (χ4n) is 3.65. The van der Waals surface area contributed by atoms with Crippen LogP contribution in [0.3, 0.4) is 0 Å². The van der Waals surface area contributed by atoms with Gasteiger partial charge >= 0.3 is 0 Å². The smallest absolute Gasteiger partial charge is 0.258 e. The number of nitrogens with zero attached hydrogens (tertiary/aromatic N) is 4. The monoisotopic (exact) mass is 478 g/mol. The maximum atomic E-state index is 12.6. The number of rotatable bonds is 9. The second-order valence-electron chi connectivity index (χ2n) is 7.72. The van der Waals surface area contributed by atoms with E-state index in [9.17, 15) is 9.59 Å². The molecule has 0 aliphatic carbocycles. The van der Waals surface area contributed by atoms with Gasteiger partial charge < -0.3 is 19.6 Å². The summed E-state index contributed by atoms with van der Waals surface area (Å²) < 4.78 is 7.12. The van der Waals surface area contributed by atoms with Crippen LogP contribution in [0.15, 0.2) is 58.5 Å². The molecule has 2 aromatic carbocycles. The van der Waals surface area contributed by atoms with Crippen molar-refractivity contribution in [3.05, 3.63) is 76.1 Å². The number of carbonyl (C=O) groups excluding carboxylic acids is 1. The number of hydrogen-bond donors (Lipinski definition) is 2. The number of nitrogens with one attached hydrogen (secondary N) is 2. The van der Waals surface area contributed by atoms with Crippen molar-refractivity contribution in [1.29, 1.82) is 0 Å². The van der Waals surface area contributed by atoms with E-state index >= 15 is 0 Å². The first kappa shape index (κ1) is 23.5. The summed E-state index contributed by atoms with van der Waals surface area (Å²) in [5, 5.41) is 12.9. The third-order valence-electron chi connectivity index (χ3n) is 5.35. The summed E-state index contributed by atoms with van der Waals surface area (Å²) in [6, 6.07) is 14.3. The molecular weight excluding hydrogens is 452 g/mol. The maximum absolute atomic E-state index is 12.6. The molecule has 10 heteroatoms. The minimum Gasteiger partial charge on any atom is -0.497 e. The molecule has 1 amide bonds. The van der Waals surface area contributed by atoms with Crippen molar-refractivity contribution >= 4 is 28.6 Å². The molecule has 0 radical (unpaired) electrons. The Labute approximate surface area is 201 Å². The van der Waals surface area contributed by atoms with Gasteiger partial charge in [0.1, 0.15) is 11.6 Å². The maximum Gasteiger partial charge on any atom is 0.258 e. The van der Waals surface area contributed by atoms with Gasteiger partial charge in [0.05, 0.1) is 36.2 Å². The van der Waals surface area contributed by atoms with Gasteiger partial charge in [0.2, 0.25) is 5.91 Å². The number of methoxy groups -OCH3 is 1. The number of aromatic amines is 1. The molecule has 9 nitrogen and oxygen atoms in total. The fraction of sp³-hybridized carbons (Fsp3) is 0.292. The third kappa shape index (κ3) is 5.28. The molecule has 0 unspecified atom stereocenters. The molecule has 0 bridgehead atoms. The second-order valence-corrected chi connectivity index (χ2v) is 8.66. The Morgan fingerprint density at radius 3 is 2.68 bits per heavy atom. The normalized spacial score (nSPS) is 12.0. The Bertz CT molecular complexity index is 1350. The van der Waals surface area contributed by atoms with Crippen molar-refractivity contribution in [1.82, 2.24) is 30.0 Å². The van der Waals surface area contributed by atoms with Gasteiger partial charge in [-0.3, -0.25) is 9.59 Å². The van der Waals surface area contributed by atoms with E-state index in [1.54, 1.807) is 13.2 Å². The Hall–Kier alpha value is -3.66. The zero-order chi connectivity index (χ0) is 24.1. The summed E-state index contributed by atoms with van der Waals surface area (Å²) in [6.45, 7) is 4.53. The van der Waals surface area contributed by atoms with Gasteiger partial charge in [-0.05, 0) is 43.7 Å². The van der Waals surface area contributed by atoms with Gasteiger partial charge in [-0.25, -0.2) is 4.98 Å². The lowest BCUT2D eigenvalue weighted by Gasteiger charge is -2.15. The molecule has 0 fully saturated rings. The molecule has 1 atom stereocenters. The number of fused-ring (bicyclic) bond motifs is 1. The standard InChI is InChI=1S/C24H26N6O3S/c1-4-30-22(15(2)25-21(31)13-16-9-11-17(33-3)12-10-16)28-29-24(30)34-14-20-26-19-8-6-5-7-18(19)23(32)27-20/h5-12,15H,4,13-14H2,1-3H3,(H,25,31)(H,26,27,32)/t15-/m0/s1. The number of H-pyrrole nitrogens is 1. The number of carbonyl (C=O) groups is 1. The van der Waals surface area contributed by atoms with Crippen molar-refractivity contribution < 1.29 is 9.53 Å². The van der Waals surface area contributed by atoms with Crippen molar-refractivity contribution in [3.63, 3.8) is 0 Å². The zero-order valence-electron chi connectivity index (χ0n) is 19.2. The van der Waals surface area contributed by atoms with Gasteiger partial charge in [0.15, 0.2) is 11.0 Å². The predicted molar refractivity (Wildman–Crippen MR) is 131 cm³/mol. The largest absolute Gasteiger partial charge is 0.497 e. The molecule has 0 aliphatic rings. The van der Waals surface area contributed by atoms with Crippen LogP contribution in [0.5, 0.6) is 5.75 Å². The molecule has 0 saturated carbocycles. The summed E-state index contributed by atoms with van der Waals surface area (Å²) in [6.07, 6.45) is 0.261. The van der Waals surface area contributed by atoms with Crippen LogP contribution in [0.1, 0.15) is 37.1 Å². The first-order chi connectivity index (χ1) is 16.5. The topological polar surface area (TPSA) is 115 Å². The number of para-hydroxylation sites is 1. The highest BCUT2D eigenvalue weighted by atomic mass is 32.2. The van der Waals surface area contributed by atoms with E-state index in [-0.39, 0.29) is 23.9 Å². The fourth-order valence-corrected chi connectivity index (χ4v) is 4.53. The number of amides is 1. The molecule has 0 spiro atoms. The Kier molecular flexibility index (Phi) is 7.27. The summed E-state index contributed by atoms with van der Waals surface area (Å²) in [7, 11) is 1.61. The average Bonchev–Trinajstić information content (AvgIpc) is 3.26. The molecule has 0 saturated heterocycles. The molecule has 4 rings (SSSR count). The molecule has 34 heavy (non-hydrogen) atoms. The van der Waals surface area contributed by atoms with Crippen LogP contribution < -0.4 is 15.6 Å². The summed E-state index contributed by atoms with van der Waals surface area (Å²) in [5.41, 5.74) is 1.40. The Morgan fingerprint density at radius 2 is 1.94 bits per heavy atom. The van der Waals surface area contributed by atoms with Gasteiger partial charge in [-0.2, -0.15) is 0 Å². The molecule has 176 valence electrons. The van der Waals surface area contributed by atoms with Gasteiger partial charge in [-0.15, -0.1) is 10.2 Å². The van der Waals surface area contributed by atoms with Crippen LogP contribution in [-0.4, -0.2) is 37.7 Å². The highest BCUT2D eigenvalue weighted by Gasteiger charge is 2.19. The quantitative estimate of drug-likeness (QED) is 0.355. The lowest BCUT2D eigenvalue weighted by Crippen LogP contribution is -2.30. The first-order valence-electron chi connectivity index (χ1n) is 10.9. The SMILES string of the molecule is CCn1c(SCc2nc3ccccc3c(=O)[nH]2)nnc1[C@H](C)NC(=O)Cc1ccc(OC)cc1. The van der Waals surface area contributed by atoms with E-state index in [2.05, 4.69) is 25.5 Å². The van der Waals surface area contributed by atoms with Crippen molar-refractivity contribution in [3.8, 4) is 5.75 Å². The van der Waals surface area contributed by atoms with E-state index in [0.29, 0.717) is 40.0 Å². The zero-order valence-corrected chi connectivity index (χ0v) is 20.1. The number of hydrogen-bond acceptors (Lipinski definition) is 7. The minimum atomic E-state index is -0.314. The van der Waals surface area contributed by atoms with Crippen LogP contribution in [-0.2, 0) is 23.5 Å². The average molecular weight is 479 g/mol. The number of benzene rings is 2. The Balaban J connectivity index is 1.42. The summed E-state index contributed by atoms with van der Waals surface area (Å²) in [5.74, 6) is 2.34. The highest BCUT2D eigenvalue weighted by Crippen LogP contribution is 2.23. The van der Waals surface area contributed by atoms with Crippen LogP contribution in [0.4, 0.5) is 0 Å². The molecule has 2 aromatic heterocycles. The van der Waals surface area contributed by atoms with E-state index in [1.807, 2.05) is 60.9 Å². The van der Waals surface area contributed by atoms with Crippen LogP contribution in [0.25, 0.3) is 10.9 Å². The second kappa shape index (κ2) is 10.5. The lowest BCUT2D eigenvalue weighted by atomic mass is 10.1.